The number of carbonyl (C=O) groups is 1. The minimum absolute atomic E-state index is 0.148. The van der Waals surface area contributed by atoms with Gasteiger partial charge in [-0.25, -0.2) is 0 Å². The first-order chi connectivity index (χ1) is 13.5. The molecule has 2 aliphatic carbocycles. The van der Waals surface area contributed by atoms with Crippen molar-refractivity contribution in [1.29, 1.82) is 0 Å². The number of amides is 1. The average Bonchev–Trinajstić information content (AvgIpc) is 3.05. The Bertz CT molecular complexity index is 1000. The third kappa shape index (κ3) is 2.92. The molecule has 7 heteroatoms. The Morgan fingerprint density at radius 2 is 2.11 bits per heavy atom. The predicted molar refractivity (Wildman–Crippen MR) is 101 cm³/mol. The Balaban J connectivity index is 1.17. The zero-order valence-corrected chi connectivity index (χ0v) is 15.6. The van der Waals surface area contributed by atoms with Gasteiger partial charge in [-0.15, -0.1) is 0 Å². The Hall–Kier alpha value is -2.93. The number of aliphatic hydroxyl groups is 1. The molecule has 1 unspecified atom stereocenters. The van der Waals surface area contributed by atoms with E-state index in [4.69, 9.17) is 4.52 Å². The van der Waals surface area contributed by atoms with Crippen LogP contribution in [0.1, 0.15) is 54.5 Å². The predicted octanol–water partition coefficient (Wildman–Crippen LogP) is 3.12. The monoisotopic (exact) mass is 378 g/mol. The Morgan fingerprint density at radius 1 is 1.32 bits per heavy atom. The van der Waals surface area contributed by atoms with Crippen LogP contribution in [0.25, 0.3) is 11.3 Å². The second-order valence-corrected chi connectivity index (χ2v) is 8.03. The van der Waals surface area contributed by atoms with E-state index in [0.717, 1.165) is 30.4 Å². The lowest BCUT2D eigenvalue weighted by Crippen LogP contribution is -2.46. The second kappa shape index (κ2) is 6.31. The number of hydrogen-bond donors (Lipinski definition) is 2. The molecule has 2 N–H and O–H groups in total. The largest absolute Gasteiger partial charge is 0.389 e. The zero-order chi connectivity index (χ0) is 19.3. The van der Waals surface area contributed by atoms with Gasteiger partial charge in [0.25, 0.3) is 5.91 Å². The van der Waals surface area contributed by atoms with E-state index in [0.29, 0.717) is 11.7 Å². The first kappa shape index (κ1) is 17.2. The van der Waals surface area contributed by atoms with Gasteiger partial charge in [0.2, 0.25) is 5.76 Å². The molecule has 0 bridgehead atoms. The van der Waals surface area contributed by atoms with Crippen LogP contribution in [0.2, 0.25) is 0 Å². The quantitative estimate of drug-likeness (QED) is 0.712. The molecule has 144 valence electrons. The van der Waals surface area contributed by atoms with Gasteiger partial charge in [0.1, 0.15) is 5.69 Å². The van der Waals surface area contributed by atoms with Gasteiger partial charge in [-0.2, -0.15) is 5.10 Å². The molecule has 1 spiro atoms. The maximum absolute atomic E-state index is 12.5. The number of aromatic nitrogens is 3. The molecule has 1 amide bonds. The van der Waals surface area contributed by atoms with Gasteiger partial charge in [-0.3, -0.25) is 9.48 Å². The first-order valence-electron chi connectivity index (χ1n) is 9.59. The summed E-state index contributed by atoms with van der Waals surface area (Å²) >= 11 is 0. The van der Waals surface area contributed by atoms with Crippen molar-refractivity contribution < 1.29 is 14.4 Å². The number of benzene rings is 1. The molecule has 28 heavy (non-hydrogen) atoms. The summed E-state index contributed by atoms with van der Waals surface area (Å²) in [6, 6.07) is 11.8. The smallest absolute Gasteiger partial charge is 0.290 e. The van der Waals surface area contributed by atoms with E-state index in [1.807, 2.05) is 41.2 Å². The van der Waals surface area contributed by atoms with Gasteiger partial charge in [0.15, 0.2) is 0 Å². The fraction of sp³-hybridized carbons (Fsp3) is 0.381. The highest BCUT2D eigenvalue weighted by molar-refractivity contribution is 5.92. The summed E-state index contributed by atoms with van der Waals surface area (Å²) in [5.41, 5.74) is 2.65. The highest BCUT2D eigenvalue weighted by Gasteiger charge is 2.63. The minimum atomic E-state index is -0.500. The van der Waals surface area contributed by atoms with Crippen LogP contribution in [-0.2, 0) is 0 Å². The standard InChI is InChI=1S/C21H22N4O3/c1-13(26)15-11-22-25(12-15)19-10-21(19)8-16(9-21)23-20(27)18-7-17(24-28-18)14-5-3-2-4-6-14/h2-7,11-13,16,19,26H,8-10H2,1H3,(H,23,27)/t13-,16?,19?,21?/m1/s1. The molecule has 2 aliphatic rings. The highest BCUT2D eigenvalue weighted by atomic mass is 16.5. The van der Waals surface area contributed by atoms with Gasteiger partial charge in [-0.1, -0.05) is 35.5 Å². The SMILES string of the molecule is C[C@@H](O)c1cnn(C2CC23CC(NC(=O)c2cc(-c4ccccc4)no2)C3)c1. The maximum atomic E-state index is 12.5. The Labute approximate surface area is 162 Å². The van der Waals surface area contributed by atoms with Crippen molar-refractivity contribution in [3.05, 3.63) is 60.1 Å². The first-order valence-corrected chi connectivity index (χ1v) is 9.59. The lowest BCUT2D eigenvalue weighted by molar-refractivity contribution is 0.0828. The average molecular weight is 378 g/mol. The normalized spacial score (nSPS) is 26.6. The Kier molecular flexibility index (Phi) is 3.87. The highest BCUT2D eigenvalue weighted by Crippen LogP contribution is 2.67. The summed E-state index contributed by atoms with van der Waals surface area (Å²) in [4.78, 5) is 12.5. The minimum Gasteiger partial charge on any atom is -0.389 e. The van der Waals surface area contributed by atoms with Crippen LogP contribution < -0.4 is 5.32 Å². The van der Waals surface area contributed by atoms with Crippen LogP contribution >= 0.6 is 0 Å². The van der Waals surface area contributed by atoms with Crippen LogP contribution in [0.3, 0.4) is 0 Å². The molecule has 2 fully saturated rings. The van der Waals surface area contributed by atoms with Crippen LogP contribution in [0, 0.1) is 5.41 Å². The van der Waals surface area contributed by atoms with E-state index >= 15 is 0 Å². The molecule has 5 rings (SSSR count). The lowest BCUT2D eigenvalue weighted by atomic mass is 9.76. The van der Waals surface area contributed by atoms with E-state index in [1.165, 1.54) is 0 Å². The number of carbonyl (C=O) groups excluding carboxylic acids is 1. The van der Waals surface area contributed by atoms with Crippen LogP contribution in [-0.4, -0.2) is 32.0 Å². The molecule has 2 saturated carbocycles. The number of aliphatic hydroxyl groups excluding tert-OH is 1. The third-order valence-electron chi connectivity index (χ3n) is 6.01. The molecule has 0 radical (unpaired) electrons. The molecule has 2 heterocycles. The van der Waals surface area contributed by atoms with E-state index in [2.05, 4.69) is 15.6 Å². The molecule has 7 nitrogen and oxygen atoms in total. The summed E-state index contributed by atoms with van der Waals surface area (Å²) in [7, 11) is 0. The van der Waals surface area contributed by atoms with Crippen molar-refractivity contribution >= 4 is 5.91 Å². The van der Waals surface area contributed by atoms with Gasteiger partial charge < -0.3 is 14.9 Å². The van der Waals surface area contributed by atoms with E-state index < -0.39 is 6.10 Å². The van der Waals surface area contributed by atoms with E-state index in [1.54, 1.807) is 19.2 Å². The van der Waals surface area contributed by atoms with Crippen molar-refractivity contribution in [2.75, 3.05) is 0 Å². The Morgan fingerprint density at radius 3 is 2.82 bits per heavy atom. The van der Waals surface area contributed by atoms with Gasteiger partial charge >= 0.3 is 0 Å². The topological polar surface area (TPSA) is 93.2 Å². The second-order valence-electron chi connectivity index (χ2n) is 8.03. The molecule has 0 aliphatic heterocycles. The van der Waals surface area contributed by atoms with Gasteiger partial charge in [0, 0.05) is 29.4 Å². The summed E-state index contributed by atoms with van der Waals surface area (Å²) in [6.07, 6.45) is 6.10. The summed E-state index contributed by atoms with van der Waals surface area (Å²) in [5, 5.41) is 21.1. The van der Waals surface area contributed by atoms with Crippen LogP contribution in [0.4, 0.5) is 0 Å². The van der Waals surface area contributed by atoms with Crippen LogP contribution in [0.5, 0.6) is 0 Å². The van der Waals surface area contributed by atoms with Gasteiger partial charge in [-0.05, 0) is 31.6 Å². The summed E-state index contributed by atoms with van der Waals surface area (Å²) in [5.74, 6) is 0.0167. The lowest BCUT2D eigenvalue weighted by Gasteiger charge is -2.37. The molecule has 1 aromatic carbocycles. The molecular weight excluding hydrogens is 356 g/mol. The molecular formula is C21H22N4O3. The fourth-order valence-corrected chi connectivity index (χ4v) is 4.29. The van der Waals surface area contributed by atoms with Crippen molar-refractivity contribution in [3.63, 3.8) is 0 Å². The molecule has 2 aromatic heterocycles. The van der Waals surface area contributed by atoms with E-state index in [-0.39, 0.29) is 23.1 Å². The number of nitrogens with zero attached hydrogens (tertiary/aromatic N) is 3. The maximum Gasteiger partial charge on any atom is 0.290 e. The zero-order valence-electron chi connectivity index (χ0n) is 15.6. The van der Waals surface area contributed by atoms with Crippen LogP contribution in [0.15, 0.2) is 53.3 Å². The molecule has 3 aromatic rings. The fourth-order valence-electron chi connectivity index (χ4n) is 4.29. The third-order valence-corrected chi connectivity index (χ3v) is 6.01. The van der Waals surface area contributed by atoms with Crippen molar-refractivity contribution in [2.45, 2.75) is 44.4 Å². The van der Waals surface area contributed by atoms with Gasteiger partial charge in [0.05, 0.1) is 18.3 Å². The summed E-state index contributed by atoms with van der Waals surface area (Å²) < 4.78 is 7.19. The molecule has 2 atom stereocenters. The van der Waals surface area contributed by atoms with Crippen molar-refractivity contribution in [2.24, 2.45) is 5.41 Å². The summed E-state index contributed by atoms with van der Waals surface area (Å²) in [6.45, 7) is 1.74. The number of hydrogen-bond acceptors (Lipinski definition) is 5. The molecule has 0 saturated heterocycles. The van der Waals surface area contributed by atoms with Crippen molar-refractivity contribution in [1.82, 2.24) is 20.3 Å². The number of nitrogens with one attached hydrogen (secondary N) is 1. The number of rotatable bonds is 5. The van der Waals surface area contributed by atoms with Crippen molar-refractivity contribution in [3.8, 4) is 11.3 Å². The van der Waals surface area contributed by atoms with E-state index in [9.17, 15) is 9.90 Å².